The van der Waals surface area contributed by atoms with Gasteiger partial charge < -0.3 is 10.5 Å². The van der Waals surface area contributed by atoms with Gasteiger partial charge in [0, 0.05) is 16.1 Å². The van der Waals surface area contributed by atoms with Gasteiger partial charge in [-0.25, -0.2) is 0 Å². The third-order valence-corrected chi connectivity index (χ3v) is 2.96. The summed E-state index contributed by atoms with van der Waals surface area (Å²) in [5, 5.41) is 11.0. The highest BCUT2D eigenvalue weighted by molar-refractivity contribution is 9.10. The SMILES string of the molecule is NC(=O)c1cccc(Oc2ccc(Br)cc2[N+](=O)[O-])c1. The van der Waals surface area contributed by atoms with Crippen LogP contribution >= 0.6 is 15.9 Å². The first-order valence-corrected chi connectivity index (χ1v) is 6.28. The van der Waals surface area contributed by atoms with Crippen LogP contribution in [0.1, 0.15) is 10.4 Å². The maximum Gasteiger partial charge on any atom is 0.312 e. The van der Waals surface area contributed by atoms with E-state index < -0.39 is 10.8 Å². The van der Waals surface area contributed by atoms with Crippen molar-refractivity contribution in [1.82, 2.24) is 0 Å². The number of carbonyl (C=O) groups excluding carboxylic acids is 1. The Labute approximate surface area is 122 Å². The average Bonchev–Trinajstić information content (AvgIpc) is 2.41. The monoisotopic (exact) mass is 336 g/mol. The second-order valence-corrected chi connectivity index (χ2v) is 4.78. The smallest absolute Gasteiger partial charge is 0.312 e. The van der Waals surface area contributed by atoms with Crippen LogP contribution in [0.15, 0.2) is 46.9 Å². The molecule has 0 spiro atoms. The first kappa shape index (κ1) is 14.0. The van der Waals surface area contributed by atoms with Gasteiger partial charge in [0.25, 0.3) is 0 Å². The van der Waals surface area contributed by atoms with Gasteiger partial charge in [0.05, 0.1) is 4.92 Å². The van der Waals surface area contributed by atoms with Crippen molar-refractivity contribution in [2.45, 2.75) is 0 Å². The Hall–Kier alpha value is -2.41. The summed E-state index contributed by atoms with van der Waals surface area (Å²) in [5.74, 6) is -0.215. The molecule has 2 N–H and O–H groups in total. The third-order valence-electron chi connectivity index (χ3n) is 2.46. The second-order valence-electron chi connectivity index (χ2n) is 3.86. The number of halogens is 1. The fourth-order valence-electron chi connectivity index (χ4n) is 1.56. The summed E-state index contributed by atoms with van der Waals surface area (Å²) in [7, 11) is 0. The van der Waals surface area contributed by atoms with Crippen LogP contribution in [0.3, 0.4) is 0 Å². The van der Waals surface area contributed by atoms with Crippen molar-refractivity contribution in [1.29, 1.82) is 0 Å². The maximum absolute atomic E-state index is 11.1. The minimum Gasteiger partial charge on any atom is -0.450 e. The first-order valence-electron chi connectivity index (χ1n) is 5.49. The molecule has 6 nitrogen and oxygen atoms in total. The lowest BCUT2D eigenvalue weighted by molar-refractivity contribution is -0.385. The van der Waals surface area contributed by atoms with E-state index in [1.165, 1.54) is 24.3 Å². The van der Waals surface area contributed by atoms with Crippen molar-refractivity contribution in [3.63, 3.8) is 0 Å². The van der Waals surface area contributed by atoms with Crippen LogP contribution in [-0.2, 0) is 0 Å². The molecule has 0 fully saturated rings. The lowest BCUT2D eigenvalue weighted by Gasteiger charge is -2.07. The molecule has 0 atom stereocenters. The highest BCUT2D eigenvalue weighted by Crippen LogP contribution is 2.33. The Balaban J connectivity index is 2.37. The van der Waals surface area contributed by atoms with Gasteiger partial charge in [-0.1, -0.05) is 22.0 Å². The summed E-state index contributed by atoms with van der Waals surface area (Å²) in [6.45, 7) is 0. The van der Waals surface area contributed by atoms with Crippen molar-refractivity contribution in [2.75, 3.05) is 0 Å². The van der Waals surface area contributed by atoms with E-state index in [1.807, 2.05) is 0 Å². The largest absolute Gasteiger partial charge is 0.450 e. The summed E-state index contributed by atoms with van der Waals surface area (Å²) >= 11 is 3.16. The van der Waals surface area contributed by atoms with Gasteiger partial charge in [0.1, 0.15) is 5.75 Å². The molecule has 0 bridgehead atoms. The predicted molar refractivity (Wildman–Crippen MR) is 75.8 cm³/mol. The normalized spacial score (nSPS) is 10.1. The number of nitro groups is 1. The molecule has 2 aromatic carbocycles. The molecule has 2 rings (SSSR count). The van der Waals surface area contributed by atoms with Crippen LogP contribution in [0.4, 0.5) is 5.69 Å². The van der Waals surface area contributed by atoms with E-state index >= 15 is 0 Å². The Morgan fingerprint density at radius 2 is 2.00 bits per heavy atom. The second kappa shape index (κ2) is 5.70. The number of rotatable bonds is 4. The number of nitrogens with two attached hydrogens (primary N) is 1. The molecule has 7 heteroatoms. The summed E-state index contributed by atoms with van der Waals surface area (Å²) in [6, 6.07) is 10.6. The zero-order valence-corrected chi connectivity index (χ0v) is 11.7. The van der Waals surface area contributed by atoms with Crippen LogP contribution < -0.4 is 10.5 Å². The quantitative estimate of drug-likeness (QED) is 0.684. The third kappa shape index (κ3) is 3.12. The lowest BCUT2D eigenvalue weighted by Crippen LogP contribution is -2.10. The van der Waals surface area contributed by atoms with E-state index in [1.54, 1.807) is 18.2 Å². The molecule has 102 valence electrons. The fraction of sp³-hybridized carbons (Fsp3) is 0. The van der Waals surface area contributed by atoms with Crippen LogP contribution in [-0.4, -0.2) is 10.8 Å². The zero-order chi connectivity index (χ0) is 14.7. The molecule has 0 aliphatic carbocycles. The fourth-order valence-corrected chi connectivity index (χ4v) is 1.91. The van der Waals surface area contributed by atoms with Gasteiger partial charge in [0.2, 0.25) is 11.7 Å². The van der Waals surface area contributed by atoms with Crippen LogP contribution in [0.2, 0.25) is 0 Å². The Kier molecular flexibility index (Phi) is 3.99. The van der Waals surface area contributed by atoms with Crippen LogP contribution in [0.5, 0.6) is 11.5 Å². The molecule has 0 saturated carbocycles. The van der Waals surface area contributed by atoms with E-state index in [-0.39, 0.29) is 17.0 Å². The number of primary amides is 1. The lowest BCUT2D eigenvalue weighted by atomic mass is 10.2. The Morgan fingerprint density at radius 3 is 2.65 bits per heavy atom. The average molecular weight is 337 g/mol. The van der Waals surface area contributed by atoms with E-state index in [0.29, 0.717) is 10.2 Å². The number of nitro benzene ring substituents is 1. The maximum atomic E-state index is 11.1. The number of ether oxygens (including phenoxy) is 1. The summed E-state index contributed by atoms with van der Waals surface area (Å²) in [5.41, 5.74) is 5.25. The zero-order valence-electron chi connectivity index (χ0n) is 10.1. The molecule has 1 amide bonds. The minimum absolute atomic E-state index is 0.0832. The Morgan fingerprint density at radius 1 is 1.25 bits per heavy atom. The van der Waals surface area contributed by atoms with Crippen LogP contribution in [0, 0.1) is 10.1 Å². The van der Waals surface area contributed by atoms with E-state index in [2.05, 4.69) is 15.9 Å². The molecule has 2 aromatic rings. The number of hydrogen-bond acceptors (Lipinski definition) is 4. The number of amides is 1. The van der Waals surface area contributed by atoms with Gasteiger partial charge in [-0.05, 0) is 30.3 Å². The van der Waals surface area contributed by atoms with Crippen molar-refractivity contribution < 1.29 is 14.5 Å². The first-order chi connectivity index (χ1) is 9.47. The highest BCUT2D eigenvalue weighted by Gasteiger charge is 2.16. The number of carbonyl (C=O) groups is 1. The van der Waals surface area contributed by atoms with Crippen molar-refractivity contribution in [2.24, 2.45) is 5.73 Å². The molecule has 0 aromatic heterocycles. The number of nitrogens with zero attached hydrogens (tertiary/aromatic N) is 1. The minimum atomic E-state index is -0.597. The van der Waals surface area contributed by atoms with Crippen molar-refractivity contribution in [3.8, 4) is 11.5 Å². The summed E-state index contributed by atoms with van der Waals surface area (Å²) in [4.78, 5) is 21.5. The van der Waals surface area contributed by atoms with E-state index in [0.717, 1.165) is 0 Å². The molecular formula is C13H9BrN2O4. The molecule has 20 heavy (non-hydrogen) atoms. The van der Waals surface area contributed by atoms with Crippen LogP contribution in [0.25, 0.3) is 0 Å². The number of benzene rings is 2. The Bertz CT molecular complexity index is 688. The molecule has 0 unspecified atom stereocenters. The summed E-state index contributed by atoms with van der Waals surface area (Å²) in [6.07, 6.45) is 0. The van der Waals surface area contributed by atoms with Gasteiger partial charge in [-0.2, -0.15) is 0 Å². The molecular weight excluding hydrogens is 328 g/mol. The molecule has 0 aliphatic rings. The van der Waals surface area contributed by atoms with Gasteiger partial charge in [-0.3, -0.25) is 14.9 Å². The van der Waals surface area contributed by atoms with Gasteiger partial charge in [0.15, 0.2) is 0 Å². The summed E-state index contributed by atoms with van der Waals surface area (Å²) < 4.78 is 6.02. The molecule has 0 radical (unpaired) electrons. The van der Waals surface area contributed by atoms with Gasteiger partial charge in [-0.15, -0.1) is 0 Å². The topological polar surface area (TPSA) is 95.5 Å². The number of hydrogen-bond donors (Lipinski definition) is 1. The molecule has 0 heterocycles. The van der Waals surface area contributed by atoms with E-state index in [9.17, 15) is 14.9 Å². The standard InChI is InChI=1S/C13H9BrN2O4/c14-9-4-5-12(11(7-9)16(18)19)20-10-3-1-2-8(6-10)13(15)17/h1-7H,(H2,15,17). The molecule has 0 saturated heterocycles. The van der Waals surface area contributed by atoms with Crippen molar-refractivity contribution >= 4 is 27.5 Å². The van der Waals surface area contributed by atoms with E-state index in [4.69, 9.17) is 10.5 Å². The van der Waals surface area contributed by atoms with Crippen molar-refractivity contribution in [3.05, 3.63) is 62.6 Å². The predicted octanol–water partition coefficient (Wildman–Crippen LogP) is 3.25. The highest BCUT2D eigenvalue weighted by atomic mass is 79.9. The molecule has 0 aliphatic heterocycles. The van der Waals surface area contributed by atoms with Gasteiger partial charge >= 0.3 is 5.69 Å².